The highest BCUT2D eigenvalue weighted by Crippen LogP contribution is 2.27. The molecule has 242 valence electrons. The van der Waals surface area contributed by atoms with Gasteiger partial charge in [-0.1, -0.05) is 38.2 Å². The number of cyclic esters (lactones) is 1. The third kappa shape index (κ3) is 11.1. The molecule has 0 aliphatic carbocycles. The van der Waals surface area contributed by atoms with E-state index in [1.807, 2.05) is 50.1 Å². The van der Waals surface area contributed by atoms with Crippen molar-refractivity contribution in [3.8, 4) is 0 Å². The molecule has 2 N–H and O–H groups in total. The van der Waals surface area contributed by atoms with Crippen LogP contribution in [-0.4, -0.2) is 113 Å². The predicted molar refractivity (Wildman–Crippen MR) is 165 cm³/mol. The van der Waals surface area contributed by atoms with E-state index in [-0.39, 0.29) is 37.0 Å². The first-order valence-electron chi connectivity index (χ1n) is 15.9. The summed E-state index contributed by atoms with van der Waals surface area (Å²) in [5, 5.41) is 21.9. The lowest BCUT2D eigenvalue weighted by atomic mass is 9.88. The lowest BCUT2D eigenvalue weighted by Crippen LogP contribution is -2.50. The van der Waals surface area contributed by atoms with Crippen molar-refractivity contribution in [2.75, 3.05) is 46.3 Å². The van der Waals surface area contributed by atoms with Crippen molar-refractivity contribution in [3.63, 3.8) is 0 Å². The summed E-state index contributed by atoms with van der Waals surface area (Å²) in [6, 6.07) is 0. The Morgan fingerprint density at radius 3 is 2.49 bits per heavy atom. The number of carbonyl (C=O) groups excluding carboxylic acids is 3. The van der Waals surface area contributed by atoms with Crippen LogP contribution in [-0.2, 0) is 19.1 Å². The molecule has 2 fully saturated rings. The quantitative estimate of drug-likeness (QED) is 0.257. The van der Waals surface area contributed by atoms with Gasteiger partial charge in [-0.15, -0.1) is 0 Å². The van der Waals surface area contributed by atoms with E-state index in [9.17, 15) is 24.6 Å². The Hall–Kier alpha value is -2.69. The number of likely N-dealkylation sites (N-methyl/N-ethyl adjacent to an activating group) is 1. The van der Waals surface area contributed by atoms with Crippen molar-refractivity contribution in [3.05, 3.63) is 36.0 Å². The molecule has 0 aromatic heterocycles. The Bertz CT molecular complexity index is 1030. The SMILES string of the molecule is C/C(=C\C=C\[C@@H](C)CCC(=O)N1CCCC1)[C@H]1OC(=O)C[C@@H](O)CC[C@](C)(O)[C@@H](OC(=O)N2CCN(C)CC2)/C=C\[C@@H]1C. The normalized spacial score (nSPS) is 31.7. The Morgan fingerprint density at radius 1 is 1.14 bits per heavy atom. The van der Waals surface area contributed by atoms with Gasteiger partial charge in [-0.3, -0.25) is 9.59 Å². The second-order valence-corrected chi connectivity index (χ2v) is 12.9. The molecule has 10 nitrogen and oxygen atoms in total. The topological polar surface area (TPSA) is 120 Å². The Balaban J connectivity index is 1.71. The fourth-order valence-electron chi connectivity index (χ4n) is 5.69. The number of nitrogens with zero attached hydrogens (tertiary/aromatic N) is 3. The maximum Gasteiger partial charge on any atom is 0.410 e. The third-order valence-electron chi connectivity index (χ3n) is 8.83. The van der Waals surface area contributed by atoms with Crippen LogP contribution in [0.25, 0.3) is 0 Å². The summed E-state index contributed by atoms with van der Waals surface area (Å²) in [5.41, 5.74) is -0.635. The van der Waals surface area contributed by atoms with Gasteiger partial charge in [-0.25, -0.2) is 4.79 Å². The molecule has 0 radical (unpaired) electrons. The first kappa shape index (κ1) is 34.8. The van der Waals surface area contributed by atoms with E-state index >= 15 is 0 Å². The molecule has 0 unspecified atom stereocenters. The number of aliphatic hydroxyl groups is 2. The van der Waals surface area contributed by atoms with Crippen LogP contribution in [0.4, 0.5) is 4.79 Å². The molecule has 3 aliphatic rings. The van der Waals surface area contributed by atoms with Crippen LogP contribution in [0.3, 0.4) is 0 Å². The van der Waals surface area contributed by atoms with Crippen LogP contribution in [0.1, 0.15) is 72.6 Å². The first-order valence-corrected chi connectivity index (χ1v) is 15.9. The predicted octanol–water partition coefficient (Wildman–Crippen LogP) is 3.68. The Kier molecular flexibility index (Phi) is 13.3. The van der Waals surface area contributed by atoms with E-state index in [0.717, 1.165) is 51.0 Å². The summed E-state index contributed by atoms with van der Waals surface area (Å²) in [6.45, 7) is 11.8. The number of amides is 2. The van der Waals surface area contributed by atoms with Crippen LogP contribution < -0.4 is 0 Å². The average Bonchev–Trinajstić information content (AvgIpc) is 3.50. The lowest BCUT2D eigenvalue weighted by molar-refractivity contribution is -0.151. The summed E-state index contributed by atoms with van der Waals surface area (Å²) < 4.78 is 11.7. The van der Waals surface area contributed by atoms with Crippen molar-refractivity contribution in [2.45, 2.75) is 96.6 Å². The molecule has 2 saturated heterocycles. The molecular weight excluding hydrogens is 550 g/mol. The molecule has 3 heterocycles. The maximum atomic E-state index is 13.0. The highest BCUT2D eigenvalue weighted by molar-refractivity contribution is 5.76. The van der Waals surface area contributed by atoms with Crippen LogP contribution in [0, 0.1) is 11.8 Å². The van der Waals surface area contributed by atoms with Crippen molar-refractivity contribution in [2.24, 2.45) is 11.8 Å². The number of piperazine rings is 1. The molecule has 3 rings (SSSR count). The summed E-state index contributed by atoms with van der Waals surface area (Å²) in [6.07, 6.45) is 9.90. The lowest BCUT2D eigenvalue weighted by Gasteiger charge is -2.36. The van der Waals surface area contributed by atoms with E-state index in [2.05, 4.69) is 11.8 Å². The zero-order valence-electron chi connectivity index (χ0n) is 26.7. The van der Waals surface area contributed by atoms with Gasteiger partial charge in [-0.05, 0) is 70.6 Å². The van der Waals surface area contributed by atoms with Gasteiger partial charge in [0.2, 0.25) is 5.91 Å². The van der Waals surface area contributed by atoms with Gasteiger partial charge < -0.3 is 34.4 Å². The molecule has 0 saturated carbocycles. The molecule has 2 amide bonds. The Labute approximate surface area is 257 Å². The van der Waals surface area contributed by atoms with Crippen molar-refractivity contribution in [1.82, 2.24) is 14.7 Å². The molecule has 6 atom stereocenters. The molecule has 0 bridgehead atoms. The smallest absolute Gasteiger partial charge is 0.410 e. The monoisotopic (exact) mass is 603 g/mol. The minimum Gasteiger partial charge on any atom is -0.457 e. The van der Waals surface area contributed by atoms with E-state index < -0.39 is 36.0 Å². The van der Waals surface area contributed by atoms with E-state index in [0.29, 0.717) is 19.5 Å². The van der Waals surface area contributed by atoms with E-state index in [1.54, 1.807) is 17.9 Å². The molecule has 0 aromatic rings. The number of ether oxygens (including phenoxy) is 2. The van der Waals surface area contributed by atoms with Crippen molar-refractivity contribution in [1.29, 1.82) is 0 Å². The van der Waals surface area contributed by atoms with Gasteiger partial charge in [0.25, 0.3) is 0 Å². The van der Waals surface area contributed by atoms with Gasteiger partial charge in [-0.2, -0.15) is 0 Å². The summed E-state index contributed by atoms with van der Waals surface area (Å²) >= 11 is 0. The average molecular weight is 604 g/mol. The largest absolute Gasteiger partial charge is 0.457 e. The third-order valence-corrected chi connectivity index (χ3v) is 8.83. The number of hydrogen-bond acceptors (Lipinski definition) is 8. The summed E-state index contributed by atoms with van der Waals surface area (Å²) in [7, 11) is 2.00. The zero-order valence-corrected chi connectivity index (χ0v) is 26.7. The number of likely N-dealkylation sites (tertiary alicyclic amines) is 1. The van der Waals surface area contributed by atoms with Crippen molar-refractivity contribution < 1.29 is 34.1 Å². The molecule has 0 aromatic carbocycles. The summed E-state index contributed by atoms with van der Waals surface area (Å²) in [5.74, 6) is -0.387. The molecule has 43 heavy (non-hydrogen) atoms. The number of aliphatic hydroxyl groups excluding tert-OH is 1. The fourth-order valence-corrected chi connectivity index (χ4v) is 5.69. The van der Waals surface area contributed by atoms with Gasteiger partial charge in [0.05, 0.1) is 12.5 Å². The van der Waals surface area contributed by atoms with Gasteiger partial charge >= 0.3 is 12.1 Å². The minimum absolute atomic E-state index is 0.135. The van der Waals surface area contributed by atoms with Gasteiger partial charge in [0.1, 0.15) is 11.7 Å². The second kappa shape index (κ2) is 16.4. The number of carbonyl (C=O) groups is 3. The van der Waals surface area contributed by atoms with Crippen LogP contribution in [0.15, 0.2) is 36.0 Å². The molecule has 0 spiro atoms. The molecule has 3 aliphatic heterocycles. The molecular formula is C33H53N3O7. The van der Waals surface area contributed by atoms with E-state index in [1.165, 1.54) is 0 Å². The highest BCUT2D eigenvalue weighted by atomic mass is 16.6. The number of rotatable bonds is 7. The standard InChI is InChI=1S/C33H53N3O7/c1-24(11-14-29(38)35-17-6-7-18-35)9-8-10-25(2)31-26(3)12-13-28(42-32(40)36-21-19-34(5)20-22-36)33(4,41)16-15-27(37)23-30(39)43-31/h8-10,12-13,24,26-28,31,37,41H,6-7,11,14-23H2,1-5H3/b9-8+,13-12-,25-10+/t24-,26+,27+,28+,31-,33+/m1/s1. The van der Waals surface area contributed by atoms with Crippen LogP contribution >= 0.6 is 0 Å². The second-order valence-electron chi connectivity index (χ2n) is 12.9. The first-order chi connectivity index (χ1) is 20.4. The number of hydrogen-bond donors (Lipinski definition) is 2. The minimum atomic E-state index is -1.45. The fraction of sp³-hybridized carbons (Fsp3) is 0.727. The van der Waals surface area contributed by atoms with Crippen LogP contribution in [0.2, 0.25) is 0 Å². The van der Waals surface area contributed by atoms with Crippen LogP contribution in [0.5, 0.6) is 0 Å². The number of esters is 1. The molecule has 10 heteroatoms. The van der Waals surface area contributed by atoms with E-state index in [4.69, 9.17) is 9.47 Å². The van der Waals surface area contributed by atoms with Gasteiger partial charge in [0, 0.05) is 51.6 Å². The Morgan fingerprint density at radius 2 is 1.81 bits per heavy atom. The number of allylic oxidation sites excluding steroid dienone is 3. The van der Waals surface area contributed by atoms with Gasteiger partial charge in [0.15, 0.2) is 6.10 Å². The zero-order chi connectivity index (χ0) is 31.6. The maximum absolute atomic E-state index is 13.0. The van der Waals surface area contributed by atoms with Crippen molar-refractivity contribution >= 4 is 18.0 Å². The highest BCUT2D eigenvalue weighted by Gasteiger charge is 2.36. The summed E-state index contributed by atoms with van der Waals surface area (Å²) in [4.78, 5) is 43.9.